The Labute approximate surface area is 80.4 Å². The van der Waals surface area contributed by atoms with Crippen LogP contribution in [0.5, 0.6) is 0 Å². The number of aromatic nitrogens is 2. The number of hydrogen-bond donors (Lipinski definition) is 0. The van der Waals surface area contributed by atoms with E-state index in [-0.39, 0.29) is 0 Å². The molecular weight excluding hydrogens is 176 g/mol. The summed E-state index contributed by atoms with van der Waals surface area (Å²) >= 11 is 0. The van der Waals surface area contributed by atoms with Crippen LogP contribution in [0.1, 0.15) is 5.56 Å². The molecule has 0 radical (unpaired) electrons. The molecule has 0 saturated carbocycles. The Morgan fingerprint density at radius 2 is 2.07 bits per heavy atom. The highest BCUT2D eigenvalue weighted by atomic mass is 16.3. The SMILES string of the molecule is Cc1ccnc2c1oc1ncccc12. The molecule has 0 fully saturated rings. The first kappa shape index (κ1) is 7.50. The van der Waals surface area contributed by atoms with Crippen molar-refractivity contribution in [2.24, 2.45) is 0 Å². The van der Waals surface area contributed by atoms with Crippen molar-refractivity contribution in [3.8, 4) is 0 Å². The number of pyridine rings is 2. The minimum atomic E-state index is 0.657. The summed E-state index contributed by atoms with van der Waals surface area (Å²) in [5, 5.41) is 0.978. The summed E-state index contributed by atoms with van der Waals surface area (Å²) in [6.07, 6.45) is 3.51. The van der Waals surface area contributed by atoms with Crippen LogP contribution < -0.4 is 0 Å². The molecule has 0 saturated heterocycles. The number of hydrogen-bond acceptors (Lipinski definition) is 3. The van der Waals surface area contributed by atoms with Crippen molar-refractivity contribution in [3.05, 3.63) is 36.2 Å². The van der Waals surface area contributed by atoms with Crippen molar-refractivity contribution >= 4 is 22.2 Å². The van der Waals surface area contributed by atoms with Crippen LogP contribution in [0.4, 0.5) is 0 Å². The predicted molar refractivity (Wildman–Crippen MR) is 54.0 cm³/mol. The van der Waals surface area contributed by atoms with Crippen molar-refractivity contribution in [2.75, 3.05) is 0 Å². The van der Waals surface area contributed by atoms with Gasteiger partial charge in [-0.05, 0) is 30.7 Å². The fourth-order valence-electron chi connectivity index (χ4n) is 1.61. The lowest BCUT2D eigenvalue weighted by atomic mass is 10.2. The van der Waals surface area contributed by atoms with E-state index in [0.717, 1.165) is 22.0 Å². The van der Waals surface area contributed by atoms with Gasteiger partial charge in [0.15, 0.2) is 5.58 Å². The van der Waals surface area contributed by atoms with Gasteiger partial charge in [0.1, 0.15) is 5.52 Å². The van der Waals surface area contributed by atoms with E-state index in [4.69, 9.17) is 4.42 Å². The lowest BCUT2D eigenvalue weighted by molar-refractivity contribution is 0.650. The Morgan fingerprint density at radius 3 is 3.00 bits per heavy atom. The minimum absolute atomic E-state index is 0.657. The van der Waals surface area contributed by atoms with E-state index in [1.807, 2.05) is 25.1 Å². The highest BCUT2D eigenvalue weighted by molar-refractivity contribution is 6.01. The second-order valence-electron chi connectivity index (χ2n) is 3.26. The first-order chi connectivity index (χ1) is 6.86. The van der Waals surface area contributed by atoms with Crippen LogP contribution in [-0.4, -0.2) is 9.97 Å². The van der Waals surface area contributed by atoms with Crippen molar-refractivity contribution in [1.82, 2.24) is 9.97 Å². The summed E-state index contributed by atoms with van der Waals surface area (Å²) in [5.74, 6) is 0. The molecule has 0 aliphatic heterocycles. The molecule has 14 heavy (non-hydrogen) atoms. The average molecular weight is 184 g/mol. The Balaban J connectivity index is 2.63. The van der Waals surface area contributed by atoms with Gasteiger partial charge in [0, 0.05) is 12.4 Å². The Kier molecular flexibility index (Phi) is 1.36. The number of nitrogens with zero attached hydrogens (tertiary/aromatic N) is 2. The van der Waals surface area contributed by atoms with Gasteiger partial charge >= 0.3 is 0 Å². The Morgan fingerprint density at radius 1 is 1.14 bits per heavy atom. The van der Waals surface area contributed by atoms with Gasteiger partial charge in [-0.3, -0.25) is 4.98 Å². The van der Waals surface area contributed by atoms with Crippen LogP contribution in [0.2, 0.25) is 0 Å². The zero-order valence-corrected chi connectivity index (χ0v) is 7.69. The molecule has 0 aromatic carbocycles. The smallest absolute Gasteiger partial charge is 0.228 e. The molecule has 68 valence electrons. The molecule has 3 heteroatoms. The second-order valence-corrected chi connectivity index (χ2v) is 3.26. The largest absolute Gasteiger partial charge is 0.436 e. The molecule has 3 rings (SSSR count). The third-order valence-electron chi connectivity index (χ3n) is 2.33. The van der Waals surface area contributed by atoms with Crippen molar-refractivity contribution in [1.29, 1.82) is 0 Å². The summed E-state index contributed by atoms with van der Waals surface area (Å²) in [4.78, 5) is 8.45. The minimum Gasteiger partial charge on any atom is -0.436 e. The summed E-state index contributed by atoms with van der Waals surface area (Å²) in [7, 11) is 0. The molecule has 0 spiro atoms. The zero-order valence-electron chi connectivity index (χ0n) is 7.69. The first-order valence-corrected chi connectivity index (χ1v) is 4.45. The molecule has 0 unspecified atom stereocenters. The second kappa shape index (κ2) is 2.54. The molecule has 0 N–H and O–H groups in total. The van der Waals surface area contributed by atoms with Gasteiger partial charge in [-0.25, -0.2) is 4.98 Å². The Hall–Kier alpha value is -1.90. The van der Waals surface area contributed by atoms with Crippen LogP contribution in [0.25, 0.3) is 22.2 Å². The molecule has 0 atom stereocenters. The third-order valence-corrected chi connectivity index (χ3v) is 2.33. The van der Waals surface area contributed by atoms with Gasteiger partial charge in [-0.1, -0.05) is 0 Å². The number of rotatable bonds is 0. The maximum atomic E-state index is 5.61. The summed E-state index contributed by atoms with van der Waals surface area (Å²) < 4.78 is 5.61. The fraction of sp³-hybridized carbons (Fsp3) is 0.0909. The maximum Gasteiger partial charge on any atom is 0.228 e. The van der Waals surface area contributed by atoms with Crippen LogP contribution >= 0.6 is 0 Å². The van der Waals surface area contributed by atoms with Crippen LogP contribution in [0, 0.1) is 6.92 Å². The predicted octanol–water partition coefficient (Wildman–Crippen LogP) is 2.68. The molecule has 3 aromatic rings. The highest BCUT2D eigenvalue weighted by Crippen LogP contribution is 2.26. The summed E-state index contributed by atoms with van der Waals surface area (Å²) in [6.45, 7) is 2.01. The normalized spacial score (nSPS) is 11.2. The topological polar surface area (TPSA) is 38.9 Å². The maximum absolute atomic E-state index is 5.61. The number of aryl methyl sites for hydroxylation is 1. The van der Waals surface area contributed by atoms with E-state index in [1.165, 1.54) is 0 Å². The summed E-state index contributed by atoms with van der Waals surface area (Å²) in [6, 6.07) is 5.80. The standard InChI is InChI=1S/C11H8N2O/c1-7-4-6-12-9-8-3-2-5-13-11(8)14-10(7)9/h2-6H,1H3. The number of furan rings is 1. The first-order valence-electron chi connectivity index (χ1n) is 4.45. The van der Waals surface area contributed by atoms with E-state index < -0.39 is 0 Å². The molecule has 3 heterocycles. The van der Waals surface area contributed by atoms with Crippen molar-refractivity contribution < 1.29 is 4.42 Å². The fourth-order valence-corrected chi connectivity index (χ4v) is 1.61. The van der Waals surface area contributed by atoms with Crippen molar-refractivity contribution in [2.45, 2.75) is 6.92 Å². The van der Waals surface area contributed by atoms with Gasteiger partial charge in [0.05, 0.1) is 5.39 Å². The lowest BCUT2D eigenvalue weighted by Crippen LogP contribution is -1.76. The van der Waals surface area contributed by atoms with Gasteiger partial charge < -0.3 is 4.42 Å². The molecule has 0 aliphatic carbocycles. The molecule has 3 nitrogen and oxygen atoms in total. The van der Waals surface area contributed by atoms with Crippen LogP contribution in [0.15, 0.2) is 35.0 Å². The average Bonchev–Trinajstić information content (AvgIpc) is 2.59. The number of fused-ring (bicyclic) bond motifs is 3. The van der Waals surface area contributed by atoms with E-state index in [0.29, 0.717) is 5.71 Å². The van der Waals surface area contributed by atoms with Gasteiger partial charge in [-0.2, -0.15) is 0 Å². The Bertz CT molecular complexity index is 613. The van der Waals surface area contributed by atoms with Gasteiger partial charge in [0.25, 0.3) is 0 Å². The van der Waals surface area contributed by atoms with Crippen molar-refractivity contribution in [3.63, 3.8) is 0 Å². The van der Waals surface area contributed by atoms with E-state index >= 15 is 0 Å². The van der Waals surface area contributed by atoms with E-state index in [1.54, 1.807) is 12.4 Å². The quantitative estimate of drug-likeness (QED) is 0.539. The molecule has 3 aromatic heterocycles. The van der Waals surface area contributed by atoms with Gasteiger partial charge in [0.2, 0.25) is 5.71 Å². The zero-order chi connectivity index (χ0) is 9.54. The third kappa shape index (κ3) is 0.865. The highest BCUT2D eigenvalue weighted by Gasteiger charge is 2.09. The molecule has 0 aliphatic rings. The van der Waals surface area contributed by atoms with Crippen LogP contribution in [0.3, 0.4) is 0 Å². The monoisotopic (exact) mass is 184 g/mol. The summed E-state index contributed by atoms with van der Waals surface area (Å²) in [5.41, 5.74) is 3.48. The molecule has 0 amide bonds. The van der Waals surface area contributed by atoms with E-state index in [9.17, 15) is 0 Å². The lowest BCUT2D eigenvalue weighted by Gasteiger charge is -1.90. The van der Waals surface area contributed by atoms with E-state index in [2.05, 4.69) is 9.97 Å². The van der Waals surface area contributed by atoms with Crippen LogP contribution in [-0.2, 0) is 0 Å². The molecule has 0 bridgehead atoms. The molecular formula is C11H8N2O. The van der Waals surface area contributed by atoms with Gasteiger partial charge in [-0.15, -0.1) is 0 Å².